The molecule has 2 aliphatic rings. The van der Waals surface area contributed by atoms with Crippen molar-refractivity contribution in [3.63, 3.8) is 0 Å². The summed E-state index contributed by atoms with van der Waals surface area (Å²) in [5, 5.41) is 8.48. The second kappa shape index (κ2) is 5.93. The van der Waals surface area contributed by atoms with Crippen LogP contribution in [0.25, 0.3) is 0 Å². The molecular weight excluding hydrogens is 364 g/mol. The minimum Gasteiger partial charge on any atom is -0.325 e. The van der Waals surface area contributed by atoms with E-state index in [4.69, 9.17) is 0 Å². The van der Waals surface area contributed by atoms with Gasteiger partial charge in [0.25, 0.3) is 5.91 Å². The van der Waals surface area contributed by atoms with Gasteiger partial charge in [-0.1, -0.05) is 15.9 Å². The fraction of sp³-hybridized carbons (Fsp3) is 0.400. The van der Waals surface area contributed by atoms with E-state index in [0.29, 0.717) is 25.2 Å². The number of nitrogens with zero attached hydrogens (tertiary/aromatic N) is 1. The van der Waals surface area contributed by atoms with Crippen LogP contribution in [0.1, 0.15) is 12.0 Å². The number of urea groups is 1. The Morgan fingerprint density at radius 3 is 2.87 bits per heavy atom. The average Bonchev–Trinajstić information content (AvgIpc) is 3.05. The number of benzene rings is 1. The number of imide groups is 1. The van der Waals surface area contributed by atoms with Crippen molar-refractivity contribution in [2.45, 2.75) is 18.9 Å². The molecule has 1 aromatic rings. The van der Waals surface area contributed by atoms with Gasteiger partial charge in [-0.25, -0.2) is 4.79 Å². The number of carbonyl (C=O) groups is 3. The largest absolute Gasteiger partial charge is 0.325 e. The van der Waals surface area contributed by atoms with E-state index in [2.05, 4.69) is 31.9 Å². The lowest BCUT2D eigenvalue weighted by molar-refractivity contribution is -0.133. The van der Waals surface area contributed by atoms with Crippen LogP contribution in [0.3, 0.4) is 0 Å². The van der Waals surface area contributed by atoms with Crippen LogP contribution in [0.4, 0.5) is 10.5 Å². The van der Waals surface area contributed by atoms with Gasteiger partial charge in [0.2, 0.25) is 5.91 Å². The highest BCUT2D eigenvalue weighted by molar-refractivity contribution is 9.10. The fourth-order valence-corrected chi connectivity index (χ4v) is 3.11. The van der Waals surface area contributed by atoms with Gasteiger partial charge >= 0.3 is 6.03 Å². The molecule has 0 aliphatic carbocycles. The lowest BCUT2D eigenvalue weighted by Crippen LogP contribution is -2.49. The van der Waals surface area contributed by atoms with Crippen LogP contribution in [0.15, 0.2) is 22.7 Å². The molecule has 1 atom stereocenters. The van der Waals surface area contributed by atoms with E-state index >= 15 is 0 Å². The van der Waals surface area contributed by atoms with E-state index in [1.54, 1.807) is 6.07 Å². The maximum absolute atomic E-state index is 12.4. The highest BCUT2D eigenvalue weighted by atomic mass is 79.9. The minimum atomic E-state index is -0.883. The second-order valence-electron chi connectivity index (χ2n) is 5.84. The summed E-state index contributed by atoms with van der Waals surface area (Å²) < 4.78 is 0.945. The molecule has 0 radical (unpaired) electrons. The third-order valence-corrected chi connectivity index (χ3v) is 5.03. The van der Waals surface area contributed by atoms with Crippen molar-refractivity contribution in [2.75, 3.05) is 25.0 Å². The first-order valence-electron chi connectivity index (χ1n) is 7.32. The Balaban J connectivity index is 1.66. The van der Waals surface area contributed by atoms with Crippen LogP contribution >= 0.6 is 15.9 Å². The molecule has 1 spiro atoms. The van der Waals surface area contributed by atoms with Crippen molar-refractivity contribution in [1.29, 1.82) is 0 Å². The zero-order chi connectivity index (χ0) is 16.6. The second-order valence-corrected chi connectivity index (χ2v) is 6.70. The van der Waals surface area contributed by atoms with Crippen LogP contribution in [-0.4, -0.2) is 47.9 Å². The zero-order valence-electron chi connectivity index (χ0n) is 12.6. The quantitative estimate of drug-likeness (QED) is 0.681. The van der Waals surface area contributed by atoms with Gasteiger partial charge in [0, 0.05) is 16.7 Å². The first kappa shape index (κ1) is 15.9. The summed E-state index contributed by atoms with van der Waals surface area (Å²) in [6, 6.07) is 4.89. The van der Waals surface area contributed by atoms with E-state index in [1.165, 1.54) is 0 Å². The first-order chi connectivity index (χ1) is 10.9. The Morgan fingerprint density at radius 1 is 1.43 bits per heavy atom. The molecule has 0 bridgehead atoms. The van der Waals surface area contributed by atoms with E-state index in [9.17, 15) is 14.4 Å². The van der Waals surface area contributed by atoms with E-state index in [0.717, 1.165) is 14.9 Å². The predicted octanol–water partition coefficient (Wildman–Crippen LogP) is 0.980. The topological polar surface area (TPSA) is 90.5 Å². The van der Waals surface area contributed by atoms with Crippen molar-refractivity contribution in [3.8, 4) is 0 Å². The standard InChI is InChI=1S/C15H17BrN4O3/c1-9-6-10(2-3-11(9)16)18-12(21)7-20-13(22)15(19-14(20)23)4-5-17-8-15/h2-3,6,17H,4-5,7-8H2,1H3,(H,18,21)(H,19,23). The number of anilines is 1. The minimum absolute atomic E-state index is 0.290. The van der Waals surface area contributed by atoms with Crippen LogP contribution in [0.5, 0.6) is 0 Å². The Kier molecular flexibility index (Phi) is 4.11. The summed E-state index contributed by atoms with van der Waals surface area (Å²) in [6.07, 6.45) is 0.543. The van der Waals surface area contributed by atoms with Gasteiger partial charge in [-0.05, 0) is 43.7 Å². The molecule has 2 aliphatic heterocycles. The number of hydrogen-bond donors (Lipinski definition) is 3. The van der Waals surface area contributed by atoms with Gasteiger partial charge in [-0.2, -0.15) is 0 Å². The molecule has 7 nitrogen and oxygen atoms in total. The van der Waals surface area contributed by atoms with E-state index in [-0.39, 0.29) is 12.5 Å². The number of carbonyl (C=O) groups excluding carboxylic acids is 3. The number of amides is 4. The van der Waals surface area contributed by atoms with Crippen LogP contribution in [0.2, 0.25) is 0 Å². The van der Waals surface area contributed by atoms with Crippen molar-refractivity contribution >= 4 is 39.5 Å². The molecular formula is C15H17BrN4O3. The zero-order valence-corrected chi connectivity index (χ0v) is 14.2. The number of hydrogen-bond acceptors (Lipinski definition) is 4. The van der Waals surface area contributed by atoms with Crippen molar-refractivity contribution in [3.05, 3.63) is 28.2 Å². The summed E-state index contributed by atoms with van der Waals surface area (Å²) in [7, 11) is 0. The molecule has 4 amide bonds. The van der Waals surface area contributed by atoms with Crippen molar-refractivity contribution < 1.29 is 14.4 Å². The monoisotopic (exact) mass is 380 g/mol. The average molecular weight is 381 g/mol. The molecule has 2 saturated heterocycles. The van der Waals surface area contributed by atoms with Gasteiger partial charge in [-0.3, -0.25) is 14.5 Å². The normalized spacial score (nSPS) is 23.5. The highest BCUT2D eigenvalue weighted by Crippen LogP contribution is 2.24. The molecule has 2 heterocycles. The third-order valence-electron chi connectivity index (χ3n) is 4.14. The molecule has 0 aromatic heterocycles. The molecule has 1 unspecified atom stereocenters. The summed E-state index contributed by atoms with van der Waals surface area (Å²) in [6.45, 7) is 2.70. The smallest absolute Gasteiger partial charge is 0.325 e. The van der Waals surface area contributed by atoms with Gasteiger partial charge in [-0.15, -0.1) is 0 Å². The summed E-state index contributed by atoms with van der Waals surface area (Å²) in [5.74, 6) is -0.743. The summed E-state index contributed by atoms with van der Waals surface area (Å²) >= 11 is 3.39. The van der Waals surface area contributed by atoms with Crippen LogP contribution < -0.4 is 16.0 Å². The third kappa shape index (κ3) is 2.96. The van der Waals surface area contributed by atoms with E-state index in [1.807, 2.05) is 19.1 Å². The van der Waals surface area contributed by atoms with Crippen LogP contribution in [-0.2, 0) is 9.59 Å². The van der Waals surface area contributed by atoms with Gasteiger partial charge in [0.1, 0.15) is 12.1 Å². The Bertz CT molecular complexity index is 685. The molecule has 8 heteroatoms. The summed E-state index contributed by atoms with van der Waals surface area (Å²) in [4.78, 5) is 37.6. The highest BCUT2D eigenvalue weighted by Gasteiger charge is 2.52. The van der Waals surface area contributed by atoms with Gasteiger partial charge < -0.3 is 16.0 Å². The molecule has 1 aromatic carbocycles. The molecule has 122 valence electrons. The van der Waals surface area contributed by atoms with Crippen molar-refractivity contribution in [1.82, 2.24) is 15.5 Å². The Hall–Kier alpha value is -1.93. The predicted molar refractivity (Wildman–Crippen MR) is 88.0 cm³/mol. The maximum Gasteiger partial charge on any atom is 0.325 e. The molecule has 3 rings (SSSR count). The Morgan fingerprint density at radius 2 is 2.22 bits per heavy atom. The van der Waals surface area contributed by atoms with E-state index < -0.39 is 17.5 Å². The van der Waals surface area contributed by atoms with Crippen molar-refractivity contribution in [2.24, 2.45) is 0 Å². The maximum atomic E-state index is 12.4. The SMILES string of the molecule is Cc1cc(NC(=O)CN2C(=O)NC3(CCNC3)C2=O)ccc1Br. The summed E-state index contributed by atoms with van der Waals surface area (Å²) in [5.41, 5.74) is 0.722. The molecule has 3 N–H and O–H groups in total. The number of nitrogens with one attached hydrogen (secondary N) is 3. The molecule has 0 saturated carbocycles. The van der Waals surface area contributed by atoms with Gasteiger partial charge in [0.05, 0.1) is 0 Å². The lowest BCUT2D eigenvalue weighted by atomic mass is 9.99. The Labute approximate surface area is 141 Å². The molecule has 2 fully saturated rings. The van der Waals surface area contributed by atoms with Gasteiger partial charge in [0.15, 0.2) is 0 Å². The number of halogens is 1. The molecule has 23 heavy (non-hydrogen) atoms. The fourth-order valence-electron chi connectivity index (χ4n) is 2.87. The lowest BCUT2D eigenvalue weighted by Gasteiger charge is -2.19. The van der Waals surface area contributed by atoms with Crippen LogP contribution in [0, 0.1) is 6.92 Å². The first-order valence-corrected chi connectivity index (χ1v) is 8.11. The number of aryl methyl sites for hydroxylation is 1. The number of rotatable bonds is 3.